The first-order chi connectivity index (χ1) is 11.5. The van der Waals surface area contributed by atoms with E-state index >= 15 is 0 Å². The molecule has 128 valence electrons. The quantitative estimate of drug-likeness (QED) is 0.911. The highest BCUT2D eigenvalue weighted by Gasteiger charge is 2.36. The van der Waals surface area contributed by atoms with Crippen molar-refractivity contribution in [2.75, 3.05) is 7.05 Å². The normalized spacial score (nSPS) is 26.0. The number of nitrogens with one attached hydrogen (secondary N) is 1. The van der Waals surface area contributed by atoms with Crippen molar-refractivity contribution in [2.45, 2.75) is 64.1 Å². The molecule has 2 unspecified atom stereocenters. The van der Waals surface area contributed by atoms with E-state index in [0.717, 1.165) is 24.2 Å². The summed E-state index contributed by atoms with van der Waals surface area (Å²) in [7, 11) is 1.92. The smallest absolute Gasteiger partial charge is 0.252 e. The molecule has 24 heavy (non-hydrogen) atoms. The molecule has 2 aromatic rings. The number of likely N-dealkylation sites (N-methyl/N-ethyl adjacent to an activating group) is 1. The van der Waals surface area contributed by atoms with E-state index in [1.807, 2.05) is 31.9 Å². The van der Waals surface area contributed by atoms with Crippen molar-refractivity contribution in [1.82, 2.24) is 29.8 Å². The third kappa shape index (κ3) is 2.77. The van der Waals surface area contributed by atoms with Crippen molar-refractivity contribution >= 4 is 11.7 Å². The van der Waals surface area contributed by atoms with Gasteiger partial charge in [-0.1, -0.05) is 0 Å². The number of hydrogen-bond acceptors (Lipinski definition) is 5. The minimum absolute atomic E-state index is 0.0894. The van der Waals surface area contributed by atoms with E-state index in [9.17, 15) is 4.79 Å². The van der Waals surface area contributed by atoms with Gasteiger partial charge in [-0.15, -0.1) is 5.10 Å². The Bertz CT molecular complexity index is 773. The van der Waals surface area contributed by atoms with Crippen LogP contribution in [0.3, 0.4) is 0 Å². The van der Waals surface area contributed by atoms with E-state index in [-0.39, 0.29) is 12.3 Å². The predicted molar refractivity (Wildman–Crippen MR) is 89.7 cm³/mol. The zero-order valence-corrected chi connectivity index (χ0v) is 14.5. The van der Waals surface area contributed by atoms with E-state index in [4.69, 9.17) is 0 Å². The van der Waals surface area contributed by atoms with Gasteiger partial charge in [0.05, 0.1) is 6.42 Å². The molecule has 0 spiro atoms. The van der Waals surface area contributed by atoms with Crippen LogP contribution in [0.25, 0.3) is 5.78 Å². The Labute approximate surface area is 141 Å². The van der Waals surface area contributed by atoms with Gasteiger partial charge in [-0.25, -0.2) is 9.50 Å². The van der Waals surface area contributed by atoms with Gasteiger partial charge in [0.15, 0.2) is 5.82 Å². The summed E-state index contributed by atoms with van der Waals surface area (Å²) in [6.07, 6.45) is 4.81. The molecule has 0 aliphatic carbocycles. The molecule has 7 nitrogen and oxygen atoms in total. The number of carbonyl (C=O) groups is 1. The second kappa shape index (κ2) is 5.81. The molecule has 0 radical (unpaired) electrons. The second-order valence-corrected chi connectivity index (χ2v) is 7.22. The molecule has 2 aromatic heterocycles. The zero-order valence-electron chi connectivity index (χ0n) is 14.5. The van der Waals surface area contributed by atoms with Crippen molar-refractivity contribution in [3.63, 3.8) is 0 Å². The van der Waals surface area contributed by atoms with Gasteiger partial charge in [0, 0.05) is 36.6 Å². The summed E-state index contributed by atoms with van der Waals surface area (Å²) in [4.78, 5) is 23.4. The predicted octanol–water partition coefficient (Wildman–Crippen LogP) is 1.03. The van der Waals surface area contributed by atoms with E-state index in [1.165, 1.54) is 12.8 Å². The SMILES string of the molecule is Cc1cc(C)n2nc(CC(=O)N(C)C3CC4CCC(C3)N4)nc2n1. The fourth-order valence-corrected chi connectivity index (χ4v) is 4.09. The molecule has 0 saturated carbocycles. The molecule has 0 aromatic carbocycles. The topological polar surface area (TPSA) is 75.4 Å². The lowest BCUT2D eigenvalue weighted by Crippen LogP contribution is -2.49. The van der Waals surface area contributed by atoms with Gasteiger partial charge in [0.1, 0.15) is 0 Å². The third-order valence-corrected chi connectivity index (χ3v) is 5.36. The Morgan fingerprint density at radius 3 is 2.71 bits per heavy atom. The first kappa shape index (κ1) is 15.5. The van der Waals surface area contributed by atoms with Crippen molar-refractivity contribution in [3.8, 4) is 0 Å². The van der Waals surface area contributed by atoms with Crippen LogP contribution in [-0.4, -0.2) is 55.6 Å². The summed E-state index contributed by atoms with van der Waals surface area (Å²) >= 11 is 0. The van der Waals surface area contributed by atoms with Gasteiger partial charge in [-0.2, -0.15) is 4.98 Å². The molecule has 1 N–H and O–H groups in total. The molecule has 2 bridgehead atoms. The Balaban J connectivity index is 1.48. The number of aromatic nitrogens is 4. The molecular weight excluding hydrogens is 304 g/mol. The number of hydrogen-bond donors (Lipinski definition) is 1. The molecular formula is C17H24N6O. The number of piperidine rings is 1. The Kier molecular flexibility index (Phi) is 3.75. The Hall–Kier alpha value is -2.02. The van der Waals surface area contributed by atoms with E-state index in [0.29, 0.717) is 29.7 Å². The van der Waals surface area contributed by atoms with Crippen LogP contribution >= 0.6 is 0 Å². The average Bonchev–Trinajstić information content (AvgIpc) is 3.09. The van der Waals surface area contributed by atoms with Gasteiger partial charge < -0.3 is 10.2 Å². The maximum absolute atomic E-state index is 12.7. The highest BCUT2D eigenvalue weighted by atomic mass is 16.2. The summed E-state index contributed by atoms with van der Waals surface area (Å²) < 4.78 is 1.71. The summed E-state index contributed by atoms with van der Waals surface area (Å²) in [5.74, 6) is 1.20. The van der Waals surface area contributed by atoms with E-state index < -0.39 is 0 Å². The van der Waals surface area contributed by atoms with Gasteiger partial charge >= 0.3 is 0 Å². The Morgan fingerprint density at radius 2 is 2.00 bits per heavy atom. The number of nitrogens with zero attached hydrogens (tertiary/aromatic N) is 5. The van der Waals surface area contributed by atoms with Crippen LogP contribution in [0.1, 0.15) is 42.9 Å². The molecule has 2 saturated heterocycles. The number of rotatable bonds is 3. The summed E-state index contributed by atoms with van der Waals surface area (Å²) in [5, 5.41) is 8.07. The number of aryl methyl sites for hydroxylation is 2. The molecule has 7 heteroatoms. The molecule has 4 rings (SSSR count). The monoisotopic (exact) mass is 328 g/mol. The first-order valence-corrected chi connectivity index (χ1v) is 8.71. The molecule has 2 atom stereocenters. The fraction of sp³-hybridized carbons (Fsp3) is 0.647. The number of fused-ring (bicyclic) bond motifs is 3. The standard InChI is InChI=1S/C17H24N6O/c1-10-6-11(2)23-17(18-10)20-15(21-23)9-16(24)22(3)14-7-12-4-5-13(8-14)19-12/h6,12-14,19H,4-5,7-9H2,1-3H3. The molecule has 4 heterocycles. The maximum atomic E-state index is 12.7. The van der Waals surface area contributed by atoms with Gasteiger partial charge in [0.25, 0.3) is 5.78 Å². The summed E-state index contributed by atoms with van der Waals surface area (Å²) in [6, 6.07) is 3.44. The molecule has 2 aliphatic heterocycles. The van der Waals surface area contributed by atoms with Crippen LogP contribution in [-0.2, 0) is 11.2 Å². The highest BCUT2D eigenvalue weighted by molar-refractivity contribution is 5.78. The van der Waals surface area contributed by atoms with Crippen molar-refractivity contribution in [2.24, 2.45) is 0 Å². The molecule has 2 aliphatic rings. The average molecular weight is 328 g/mol. The second-order valence-electron chi connectivity index (χ2n) is 7.22. The van der Waals surface area contributed by atoms with Crippen molar-refractivity contribution in [3.05, 3.63) is 23.3 Å². The minimum atomic E-state index is 0.0894. The van der Waals surface area contributed by atoms with Crippen molar-refractivity contribution in [1.29, 1.82) is 0 Å². The summed E-state index contributed by atoms with van der Waals surface area (Å²) in [5.41, 5.74) is 1.89. The van der Waals surface area contributed by atoms with Crippen LogP contribution in [0.15, 0.2) is 6.07 Å². The molecule has 1 amide bonds. The van der Waals surface area contributed by atoms with Crippen LogP contribution in [0.2, 0.25) is 0 Å². The highest BCUT2D eigenvalue weighted by Crippen LogP contribution is 2.29. The van der Waals surface area contributed by atoms with Gasteiger partial charge in [-0.3, -0.25) is 4.79 Å². The van der Waals surface area contributed by atoms with Gasteiger partial charge in [-0.05, 0) is 45.6 Å². The van der Waals surface area contributed by atoms with Crippen LogP contribution in [0.5, 0.6) is 0 Å². The van der Waals surface area contributed by atoms with E-state index in [2.05, 4.69) is 20.4 Å². The van der Waals surface area contributed by atoms with E-state index in [1.54, 1.807) is 4.52 Å². The summed E-state index contributed by atoms with van der Waals surface area (Å²) in [6.45, 7) is 3.91. The van der Waals surface area contributed by atoms with Crippen LogP contribution in [0, 0.1) is 13.8 Å². The Morgan fingerprint density at radius 1 is 1.29 bits per heavy atom. The lowest BCUT2D eigenvalue weighted by atomic mass is 9.98. The molecule has 2 fully saturated rings. The zero-order chi connectivity index (χ0) is 16.8. The number of carbonyl (C=O) groups excluding carboxylic acids is 1. The van der Waals surface area contributed by atoms with Crippen LogP contribution < -0.4 is 5.32 Å². The third-order valence-electron chi connectivity index (χ3n) is 5.36. The largest absolute Gasteiger partial charge is 0.342 e. The fourth-order valence-electron chi connectivity index (χ4n) is 4.09. The lowest BCUT2D eigenvalue weighted by Gasteiger charge is -2.35. The first-order valence-electron chi connectivity index (χ1n) is 8.71. The van der Waals surface area contributed by atoms with Gasteiger partial charge in [0.2, 0.25) is 5.91 Å². The maximum Gasteiger partial charge on any atom is 0.252 e. The number of amides is 1. The van der Waals surface area contributed by atoms with Crippen LogP contribution in [0.4, 0.5) is 0 Å². The lowest BCUT2D eigenvalue weighted by molar-refractivity contribution is -0.132. The minimum Gasteiger partial charge on any atom is -0.342 e. The van der Waals surface area contributed by atoms with Crippen molar-refractivity contribution < 1.29 is 4.79 Å².